The largest absolute Gasteiger partial charge is 0.120 e. The van der Waals surface area contributed by atoms with Gasteiger partial charge in [-0.2, -0.15) is 0 Å². The van der Waals surface area contributed by atoms with E-state index in [0.29, 0.717) is 0 Å². The van der Waals surface area contributed by atoms with E-state index >= 15 is 0 Å². The van der Waals surface area contributed by atoms with Gasteiger partial charge in [0.05, 0.1) is 12.8 Å². The molecule has 2 aliphatic heterocycles. The van der Waals surface area contributed by atoms with Gasteiger partial charge in [-0.25, -0.2) is 0 Å². The van der Waals surface area contributed by atoms with Crippen molar-refractivity contribution in [3.05, 3.63) is 30.7 Å². The van der Waals surface area contributed by atoms with E-state index in [0.717, 1.165) is 22.6 Å². The maximum absolute atomic E-state index is 2.67. The predicted molar refractivity (Wildman–Crippen MR) is 114 cm³/mol. The van der Waals surface area contributed by atoms with Crippen LogP contribution in [-0.4, -0.2) is 22.6 Å². The molecule has 2 aliphatic rings. The molecule has 1 unspecified atom stereocenters. The highest BCUT2D eigenvalue weighted by Gasteiger charge is 2.44. The summed E-state index contributed by atoms with van der Waals surface area (Å²) in [5.41, 5.74) is 3.76. The summed E-state index contributed by atoms with van der Waals surface area (Å²) in [5.74, 6) is 0. The first-order valence-corrected chi connectivity index (χ1v) is 13.2. The van der Waals surface area contributed by atoms with Crippen molar-refractivity contribution in [2.24, 2.45) is 0 Å². The lowest BCUT2D eigenvalue weighted by Crippen LogP contribution is -2.30. The molecule has 132 valence electrons. The normalized spacial score (nSPS) is 33.8. The third kappa shape index (κ3) is 3.44. The molecule has 0 amide bonds. The molecular formula is C22H35P2+. The van der Waals surface area contributed by atoms with Crippen molar-refractivity contribution >= 4 is 26.5 Å². The van der Waals surface area contributed by atoms with Gasteiger partial charge in [-0.1, -0.05) is 59.9 Å². The van der Waals surface area contributed by atoms with Crippen molar-refractivity contribution in [1.82, 2.24) is 0 Å². The Morgan fingerprint density at radius 3 is 1.83 bits per heavy atom. The van der Waals surface area contributed by atoms with Gasteiger partial charge >= 0.3 is 0 Å². The van der Waals surface area contributed by atoms with Gasteiger partial charge in [0.25, 0.3) is 0 Å². The first-order chi connectivity index (χ1) is 11.7. The second kappa shape index (κ2) is 8.56. The Hall–Kier alpha value is -0.0500. The molecule has 2 heterocycles. The zero-order valence-corrected chi connectivity index (χ0v) is 17.8. The maximum atomic E-state index is 2.67. The smallest absolute Gasteiger partial charge is 0.0683 e. The van der Waals surface area contributed by atoms with Crippen molar-refractivity contribution < 1.29 is 0 Å². The summed E-state index contributed by atoms with van der Waals surface area (Å²) in [6.45, 7) is 9.68. The summed E-state index contributed by atoms with van der Waals surface area (Å²) in [7, 11) is 0.0583. The third-order valence-electron chi connectivity index (χ3n) is 6.32. The van der Waals surface area contributed by atoms with Crippen molar-refractivity contribution in [2.75, 3.05) is 0 Å². The monoisotopic (exact) mass is 361 g/mol. The zero-order chi connectivity index (χ0) is 17.1. The van der Waals surface area contributed by atoms with E-state index in [1.54, 1.807) is 0 Å². The molecule has 0 spiro atoms. The fraction of sp³-hybridized carbons (Fsp3) is 0.682. The van der Waals surface area contributed by atoms with E-state index in [1.165, 1.54) is 44.9 Å². The molecule has 0 aliphatic carbocycles. The minimum absolute atomic E-state index is 0.00834. The van der Waals surface area contributed by atoms with Gasteiger partial charge in [-0.05, 0) is 68.4 Å². The Morgan fingerprint density at radius 1 is 0.792 bits per heavy atom. The standard InChI is InChI=1S/C22H35P2/c1-5-17-13-14-18(6-2)23(17)21-11-9-10-12-22(21)24-19(7-3)15-16-20(24)8-4/h9-13,17-20H,5-8,14-16H2,1-4H3/q+1/t17-,18-,19-,20-,23?/m0/s1. The van der Waals surface area contributed by atoms with Crippen LogP contribution in [0.1, 0.15) is 72.6 Å². The number of benzene rings is 1. The lowest BCUT2D eigenvalue weighted by molar-refractivity contribution is 0.696. The fourth-order valence-corrected chi connectivity index (χ4v) is 12.7. The van der Waals surface area contributed by atoms with Crippen LogP contribution in [0.4, 0.5) is 0 Å². The Labute approximate surface area is 152 Å². The van der Waals surface area contributed by atoms with Crippen LogP contribution in [0.5, 0.6) is 0 Å². The van der Waals surface area contributed by atoms with Crippen molar-refractivity contribution in [1.29, 1.82) is 0 Å². The zero-order valence-electron chi connectivity index (χ0n) is 16.0. The summed E-state index contributed by atoms with van der Waals surface area (Å²) in [6.07, 6.45) is 12.5. The summed E-state index contributed by atoms with van der Waals surface area (Å²) in [4.78, 5) is 0. The Bertz CT molecular complexity index is 455. The van der Waals surface area contributed by atoms with Crippen LogP contribution in [0.2, 0.25) is 0 Å². The van der Waals surface area contributed by atoms with E-state index in [-0.39, 0.29) is 15.8 Å². The van der Waals surface area contributed by atoms with E-state index < -0.39 is 0 Å². The molecule has 2 heteroatoms. The van der Waals surface area contributed by atoms with Crippen LogP contribution in [0.3, 0.4) is 0 Å². The number of rotatable bonds is 6. The highest BCUT2D eigenvalue weighted by atomic mass is 31.1. The molecular weight excluding hydrogens is 326 g/mol. The van der Waals surface area contributed by atoms with Gasteiger partial charge in [0.15, 0.2) is 0 Å². The second-order valence-corrected chi connectivity index (χ2v) is 13.0. The Morgan fingerprint density at radius 2 is 1.33 bits per heavy atom. The molecule has 2 saturated heterocycles. The molecule has 5 atom stereocenters. The highest BCUT2D eigenvalue weighted by molar-refractivity contribution is 7.73. The molecule has 0 saturated carbocycles. The van der Waals surface area contributed by atoms with Gasteiger partial charge in [0.1, 0.15) is 5.66 Å². The second-order valence-electron chi connectivity index (χ2n) is 7.51. The molecule has 0 radical (unpaired) electrons. The average Bonchev–Trinajstić information content (AvgIpc) is 3.24. The van der Waals surface area contributed by atoms with Gasteiger partial charge < -0.3 is 0 Å². The predicted octanol–water partition coefficient (Wildman–Crippen LogP) is 6.42. The van der Waals surface area contributed by atoms with Crippen LogP contribution in [0, 0.1) is 6.42 Å². The van der Waals surface area contributed by atoms with Crippen molar-refractivity contribution in [2.45, 2.75) is 95.3 Å². The summed E-state index contributed by atoms with van der Waals surface area (Å²) in [5, 5.41) is 3.63. The van der Waals surface area contributed by atoms with Crippen LogP contribution >= 0.6 is 15.8 Å². The molecule has 0 nitrogen and oxygen atoms in total. The van der Waals surface area contributed by atoms with Gasteiger partial charge in [0, 0.05) is 5.66 Å². The molecule has 24 heavy (non-hydrogen) atoms. The van der Waals surface area contributed by atoms with Crippen LogP contribution in [0.25, 0.3) is 0 Å². The SMILES string of the molecule is CC[C@H]1CC[C@H](CC)P1c1ccccc1P1[C@@H](CC)C[CH+][C@@H]1CC. The summed E-state index contributed by atoms with van der Waals surface area (Å²) in [6, 6.07) is 9.73. The first-order valence-electron chi connectivity index (χ1n) is 10.2. The summed E-state index contributed by atoms with van der Waals surface area (Å²) >= 11 is 0. The van der Waals surface area contributed by atoms with Gasteiger partial charge in [0.2, 0.25) is 0 Å². The van der Waals surface area contributed by atoms with Gasteiger partial charge in [-0.3, -0.25) is 0 Å². The molecule has 0 bridgehead atoms. The van der Waals surface area contributed by atoms with E-state index in [4.69, 9.17) is 0 Å². The third-order valence-corrected chi connectivity index (χ3v) is 13.9. The number of hydrogen-bond donors (Lipinski definition) is 0. The molecule has 2 fully saturated rings. The van der Waals surface area contributed by atoms with Crippen molar-refractivity contribution in [3.8, 4) is 0 Å². The van der Waals surface area contributed by atoms with Crippen molar-refractivity contribution in [3.63, 3.8) is 0 Å². The summed E-state index contributed by atoms with van der Waals surface area (Å²) < 4.78 is 0. The lowest BCUT2D eigenvalue weighted by atomic mass is 10.1. The van der Waals surface area contributed by atoms with E-state index in [1.807, 2.05) is 10.6 Å². The molecule has 0 aromatic heterocycles. The lowest BCUT2D eigenvalue weighted by Gasteiger charge is -2.31. The average molecular weight is 361 g/mol. The van der Waals surface area contributed by atoms with E-state index in [2.05, 4.69) is 58.4 Å². The fourth-order valence-electron chi connectivity index (χ4n) is 4.97. The highest BCUT2D eigenvalue weighted by Crippen LogP contribution is 2.61. The molecule has 3 rings (SSSR count). The Balaban J connectivity index is 2.01. The van der Waals surface area contributed by atoms with Crippen LogP contribution in [-0.2, 0) is 0 Å². The first kappa shape index (κ1) is 18.7. The molecule has 0 N–H and O–H groups in total. The molecule has 1 aromatic rings. The quantitative estimate of drug-likeness (QED) is 0.405. The van der Waals surface area contributed by atoms with Crippen LogP contribution < -0.4 is 10.6 Å². The minimum Gasteiger partial charge on any atom is -0.0683 e. The topological polar surface area (TPSA) is 0 Å². The molecule has 1 aromatic carbocycles. The Kier molecular flexibility index (Phi) is 6.68. The van der Waals surface area contributed by atoms with Crippen LogP contribution in [0.15, 0.2) is 24.3 Å². The minimum atomic E-state index is 0.00834. The van der Waals surface area contributed by atoms with Gasteiger partial charge in [-0.15, -0.1) is 0 Å². The van der Waals surface area contributed by atoms with E-state index in [9.17, 15) is 0 Å². The maximum Gasteiger partial charge on any atom is 0.120 e. The number of hydrogen-bond acceptors (Lipinski definition) is 0.